The minimum atomic E-state index is 0.593. The molecule has 2 aromatic carbocycles. The van der Waals surface area contributed by atoms with Crippen LogP contribution in [0.25, 0.3) is 0 Å². The predicted octanol–water partition coefficient (Wildman–Crippen LogP) is 3.42. The second kappa shape index (κ2) is 5.50. The summed E-state index contributed by atoms with van der Waals surface area (Å²) in [5.74, 6) is 8.90. The molecule has 88 valence electrons. The molecule has 0 aromatic heterocycles. The Balaban J connectivity index is 2.31. The molecular weight excluding hydrogens is 232 g/mol. The first-order valence-corrected chi connectivity index (χ1v) is 5.58. The van der Waals surface area contributed by atoms with E-state index < -0.39 is 0 Å². The molecule has 0 unspecified atom stereocenters. The first-order valence-electron chi connectivity index (χ1n) is 5.58. The van der Waals surface area contributed by atoms with Crippen LogP contribution < -0.4 is 4.74 Å². The van der Waals surface area contributed by atoms with Crippen molar-refractivity contribution in [1.82, 2.24) is 0 Å². The van der Waals surface area contributed by atoms with E-state index in [2.05, 4.69) is 17.8 Å². The molecule has 2 rings (SSSR count). The number of rotatable bonds is 2. The first kappa shape index (κ1) is 12.4. The van der Waals surface area contributed by atoms with Crippen LogP contribution in [0.4, 0.5) is 0 Å². The van der Waals surface area contributed by atoms with E-state index in [0.717, 1.165) is 11.1 Å². The number of ether oxygens (including phenoxy) is 1. The second-order valence-electron chi connectivity index (χ2n) is 3.77. The molecule has 0 heterocycles. The standard InChI is InChI=1S/C18H10O/c1-4-14-7-10-17(11-8-14)19-18-12-9-15(5-2)13-16(18)6-3/h1-3,7-13H. The fraction of sp³-hybridized carbons (Fsp3) is 0. The lowest BCUT2D eigenvalue weighted by molar-refractivity contribution is 0.481. The van der Waals surface area contributed by atoms with E-state index in [-0.39, 0.29) is 0 Å². The van der Waals surface area contributed by atoms with Crippen LogP contribution in [0.5, 0.6) is 11.5 Å². The third kappa shape index (κ3) is 2.78. The maximum atomic E-state index is 5.72. The Morgan fingerprint density at radius 3 is 1.95 bits per heavy atom. The lowest BCUT2D eigenvalue weighted by Gasteiger charge is -2.08. The van der Waals surface area contributed by atoms with Gasteiger partial charge in [-0.05, 0) is 42.5 Å². The van der Waals surface area contributed by atoms with Gasteiger partial charge in [-0.3, -0.25) is 0 Å². The van der Waals surface area contributed by atoms with E-state index in [0.29, 0.717) is 17.1 Å². The molecule has 0 aliphatic rings. The third-order valence-corrected chi connectivity index (χ3v) is 2.55. The molecule has 0 radical (unpaired) electrons. The van der Waals surface area contributed by atoms with Crippen molar-refractivity contribution in [1.29, 1.82) is 0 Å². The van der Waals surface area contributed by atoms with Gasteiger partial charge in [0.2, 0.25) is 0 Å². The van der Waals surface area contributed by atoms with Gasteiger partial charge in [0, 0.05) is 11.1 Å². The highest BCUT2D eigenvalue weighted by Gasteiger charge is 2.04. The molecule has 0 aliphatic carbocycles. The van der Waals surface area contributed by atoms with Gasteiger partial charge in [-0.15, -0.1) is 19.3 Å². The van der Waals surface area contributed by atoms with Crippen LogP contribution in [0, 0.1) is 37.0 Å². The zero-order valence-electron chi connectivity index (χ0n) is 10.2. The van der Waals surface area contributed by atoms with E-state index in [1.807, 2.05) is 0 Å². The first-order chi connectivity index (χ1) is 9.26. The van der Waals surface area contributed by atoms with E-state index in [1.165, 1.54) is 0 Å². The molecule has 0 aliphatic heterocycles. The van der Waals surface area contributed by atoms with E-state index in [9.17, 15) is 0 Å². The Kier molecular flexibility index (Phi) is 3.59. The second-order valence-corrected chi connectivity index (χ2v) is 3.77. The average molecular weight is 242 g/mol. The van der Waals surface area contributed by atoms with Crippen LogP contribution in [0.2, 0.25) is 0 Å². The summed E-state index contributed by atoms with van der Waals surface area (Å²) >= 11 is 0. The van der Waals surface area contributed by atoms with Gasteiger partial charge in [0.1, 0.15) is 11.5 Å². The van der Waals surface area contributed by atoms with Crippen molar-refractivity contribution >= 4 is 0 Å². The molecule has 2 aromatic rings. The molecule has 0 amide bonds. The molecule has 0 spiro atoms. The summed E-state index contributed by atoms with van der Waals surface area (Å²) in [6.07, 6.45) is 16.1. The third-order valence-electron chi connectivity index (χ3n) is 2.55. The summed E-state index contributed by atoms with van der Waals surface area (Å²) in [5, 5.41) is 0. The Morgan fingerprint density at radius 2 is 1.37 bits per heavy atom. The van der Waals surface area contributed by atoms with Gasteiger partial charge in [-0.25, -0.2) is 0 Å². The van der Waals surface area contributed by atoms with Crippen LogP contribution in [0.3, 0.4) is 0 Å². The van der Waals surface area contributed by atoms with Gasteiger partial charge < -0.3 is 4.74 Å². The summed E-state index contributed by atoms with van der Waals surface area (Å²) in [7, 11) is 0. The Hall–Kier alpha value is -3.08. The smallest absolute Gasteiger partial charge is 0.143 e. The van der Waals surface area contributed by atoms with Crippen LogP contribution in [0.15, 0.2) is 42.5 Å². The van der Waals surface area contributed by atoms with E-state index in [1.54, 1.807) is 42.5 Å². The van der Waals surface area contributed by atoms with E-state index >= 15 is 0 Å². The topological polar surface area (TPSA) is 9.23 Å². The lowest BCUT2D eigenvalue weighted by Crippen LogP contribution is -1.89. The Morgan fingerprint density at radius 1 is 0.737 bits per heavy atom. The van der Waals surface area contributed by atoms with Crippen molar-refractivity contribution in [3.05, 3.63) is 59.2 Å². The molecule has 0 atom stereocenters. The fourth-order valence-electron chi connectivity index (χ4n) is 1.57. The van der Waals surface area contributed by atoms with Gasteiger partial charge in [0.15, 0.2) is 0 Å². The van der Waals surface area contributed by atoms with Crippen LogP contribution in [0.1, 0.15) is 16.7 Å². The monoisotopic (exact) mass is 242 g/mol. The highest BCUT2D eigenvalue weighted by molar-refractivity contribution is 5.52. The summed E-state index contributed by atoms with van der Waals surface area (Å²) in [6.45, 7) is 0. The summed E-state index contributed by atoms with van der Waals surface area (Å²) in [6, 6.07) is 12.5. The maximum Gasteiger partial charge on any atom is 0.143 e. The summed E-state index contributed by atoms with van der Waals surface area (Å²) in [4.78, 5) is 0. The highest BCUT2D eigenvalue weighted by atomic mass is 16.5. The normalized spacial score (nSPS) is 8.89. The van der Waals surface area contributed by atoms with Crippen molar-refractivity contribution in [2.75, 3.05) is 0 Å². The van der Waals surface area contributed by atoms with Crippen molar-refractivity contribution in [3.63, 3.8) is 0 Å². The highest BCUT2D eigenvalue weighted by Crippen LogP contribution is 2.25. The van der Waals surface area contributed by atoms with Gasteiger partial charge in [0.25, 0.3) is 0 Å². The van der Waals surface area contributed by atoms with Gasteiger partial charge in [-0.2, -0.15) is 0 Å². The number of hydrogen-bond acceptors (Lipinski definition) is 1. The zero-order chi connectivity index (χ0) is 13.7. The predicted molar refractivity (Wildman–Crippen MR) is 76.8 cm³/mol. The molecule has 0 saturated heterocycles. The van der Waals surface area contributed by atoms with Crippen LogP contribution >= 0.6 is 0 Å². The molecule has 19 heavy (non-hydrogen) atoms. The molecule has 1 nitrogen and oxygen atoms in total. The molecule has 0 saturated carbocycles. The number of hydrogen-bond donors (Lipinski definition) is 0. The summed E-state index contributed by atoms with van der Waals surface area (Å²) < 4.78 is 5.72. The minimum Gasteiger partial charge on any atom is -0.456 e. The van der Waals surface area contributed by atoms with Gasteiger partial charge in [0.05, 0.1) is 5.56 Å². The van der Waals surface area contributed by atoms with Gasteiger partial charge in [-0.1, -0.05) is 17.8 Å². The van der Waals surface area contributed by atoms with Crippen LogP contribution in [-0.2, 0) is 0 Å². The van der Waals surface area contributed by atoms with Crippen molar-refractivity contribution in [2.45, 2.75) is 0 Å². The van der Waals surface area contributed by atoms with Crippen molar-refractivity contribution in [3.8, 4) is 48.5 Å². The Labute approximate surface area is 113 Å². The van der Waals surface area contributed by atoms with Crippen molar-refractivity contribution in [2.24, 2.45) is 0 Å². The molecule has 0 bridgehead atoms. The largest absolute Gasteiger partial charge is 0.456 e. The molecule has 0 fully saturated rings. The maximum absolute atomic E-state index is 5.72. The lowest BCUT2D eigenvalue weighted by atomic mass is 10.1. The average Bonchev–Trinajstić information content (AvgIpc) is 2.48. The molecule has 0 N–H and O–H groups in total. The number of benzene rings is 2. The zero-order valence-corrected chi connectivity index (χ0v) is 10.2. The minimum absolute atomic E-state index is 0.593. The number of terminal acetylenes is 3. The Bertz CT molecular complexity index is 716. The van der Waals surface area contributed by atoms with E-state index in [4.69, 9.17) is 24.0 Å². The van der Waals surface area contributed by atoms with Crippen LogP contribution in [-0.4, -0.2) is 0 Å². The summed E-state index contributed by atoms with van der Waals surface area (Å²) in [5.41, 5.74) is 2.15. The molecular formula is C18H10O. The van der Waals surface area contributed by atoms with Crippen molar-refractivity contribution < 1.29 is 4.74 Å². The quantitative estimate of drug-likeness (QED) is 0.733. The fourth-order valence-corrected chi connectivity index (χ4v) is 1.57. The molecule has 1 heteroatoms. The van der Waals surface area contributed by atoms with Gasteiger partial charge >= 0.3 is 0 Å². The SMILES string of the molecule is C#Cc1ccc(Oc2ccc(C#C)cc2C#C)cc1.